The van der Waals surface area contributed by atoms with Crippen molar-refractivity contribution in [3.63, 3.8) is 0 Å². The summed E-state index contributed by atoms with van der Waals surface area (Å²) in [5.41, 5.74) is 9.17. The summed E-state index contributed by atoms with van der Waals surface area (Å²) in [6.45, 7) is 3.63. The maximum Gasteiger partial charge on any atom is 0.255 e. The number of carbonyl (C=O) groups is 1. The third kappa shape index (κ3) is 2.85. The Balaban J connectivity index is 2.20. The van der Waals surface area contributed by atoms with Crippen molar-refractivity contribution in [2.24, 2.45) is 0 Å². The lowest BCUT2D eigenvalue weighted by atomic mass is 10.1. The van der Waals surface area contributed by atoms with Gasteiger partial charge < -0.3 is 16.2 Å². The lowest BCUT2D eigenvalue weighted by Gasteiger charge is -2.08. The fourth-order valence-corrected chi connectivity index (χ4v) is 1.75. The number of nitrogen functional groups attached to an aromatic ring is 1. The van der Waals surface area contributed by atoms with Gasteiger partial charge >= 0.3 is 0 Å². The number of nitrogens with one attached hydrogen (secondary N) is 1. The Morgan fingerprint density at radius 3 is 2.47 bits per heavy atom. The number of phenolic OH excluding ortho intramolecular Hbond substituents is 1. The number of nitrogens with two attached hydrogens (primary N) is 1. The van der Waals surface area contributed by atoms with Crippen molar-refractivity contribution < 1.29 is 9.90 Å². The molecule has 2 rings (SSSR count). The number of benzene rings is 2. The summed E-state index contributed by atoms with van der Waals surface area (Å²) in [4.78, 5) is 12.1. The molecule has 2 aromatic carbocycles. The van der Waals surface area contributed by atoms with Crippen LogP contribution in [0.3, 0.4) is 0 Å². The number of phenols is 1. The van der Waals surface area contributed by atoms with Crippen molar-refractivity contribution in [2.45, 2.75) is 13.8 Å². The molecule has 0 aromatic heterocycles. The van der Waals surface area contributed by atoms with Gasteiger partial charge in [-0.15, -0.1) is 0 Å². The number of hydrogen-bond donors (Lipinski definition) is 3. The summed E-state index contributed by atoms with van der Waals surface area (Å²) in [6.07, 6.45) is 0. The maximum atomic E-state index is 12.1. The number of aryl methyl sites for hydroxylation is 2. The van der Waals surface area contributed by atoms with Crippen molar-refractivity contribution in [1.29, 1.82) is 0 Å². The van der Waals surface area contributed by atoms with Gasteiger partial charge in [-0.1, -0.05) is 0 Å². The highest BCUT2D eigenvalue weighted by molar-refractivity contribution is 6.04. The van der Waals surface area contributed by atoms with E-state index in [-0.39, 0.29) is 11.7 Å². The first-order chi connectivity index (χ1) is 8.97. The minimum absolute atomic E-state index is 0.201. The predicted molar refractivity (Wildman–Crippen MR) is 76.4 cm³/mol. The van der Waals surface area contributed by atoms with Crippen LogP contribution in [0.4, 0.5) is 11.4 Å². The van der Waals surface area contributed by atoms with Crippen LogP contribution >= 0.6 is 0 Å². The van der Waals surface area contributed by atoms with E-state index in [1.165, 1.54) is 0 Å². The molecule has 98 valence electrons. The van der Waals surface area contributed by atoms with E-state index in [9.17, 15) is 9.90 Å². The van der Waals surface area contributed by atoms with Crippen LogP contribution < -0.4 is 11.1 Å². The van der Waals surface area contributed by atoms with Crippen molar-refractivity contribution in [1.82, 2.24) is 0 Å². The average Bonchev–Trinajstić information content (AvgIpc) is 2.37. The molecule has 1 amide bonds. The molecule has 0 unspecified atom stereocenters. The van der Waals surface area contributed by atoms with Crippen molar-refractivity contribution >= 4 is 17.3 Å². The second kappa shape index (κ2) is 5.02. The van der Waals surface area contributed by atoms with E-state index in [1.54, 1.807) is 43.3 Å². The summed E-state index contributed by atoms with van der Waals surface area (Å²) in [5, 5.41) is 12.2. The van der Waals surface area contributed by atoms with Crippen LogP contribution in [-0.2, 0) is 0 Å². The van der Waals surface area contributed by atoms with Crippen LogP contribution in [0.2, 0.25) is 0 Å². The molecule has 0 saturated heterocycles. The zero-order valence-electron chi connectivity index (χ0n) is 10.9. The average molecular weight is 256 g/mol. The molecule has 4 N–H and O–H groups in total. The van der Waals surface area contributed by atoms with Gasteiger partial charge in [-0.3, -0.25) is 4.79 Å². The molecule has 0 bridgehead atoms. The summed E-state index contributed by atoms with van der Waals surface area (Å²) < 4.78 is 0. The van der Waals surface area contributed by atoms with E-state index in [4.69, 9.17) is 5.73 Å². The summed E-state index contributed by atoms with van der Waals surface area (Å²) in [7, 11) is 0. The van der Waals surface area contributed by atoms with Crippen molar-refractivity contribution in [3.05, 3.63) is 53.1 Å². The number of anilines is 2. The van der Waals surface area contributed by atoms with E-state index >= 15 is 0 Å². The van der Waals surface area contributed by atoms with E-state index in [1.807, 2.05) is 6.92 Å². The molecule has 0 aliphatic rings. The van der Waals surface area contributed by atoms with Crippen molar-refractivity contribution in [3.8, 4) is 5.75 Å². The number of aromatic hydroxyl groups is 1. The highest BCUT2D eigenvalue weighted by atomic mass is 16.3. The van der Waals surface area contributed by atoms with E-state index < -0.39 is 0 Å². The van der Waals surface area contributed by atoms with Gasteiger partial charge in [0.2, 0.25) is 0 Å². The first-order valence-electron chi connectivity index (χ1n) is 5.94. The van der Waals surface area contributed by atoms with E-state index in [2.05, 4.69) is 5.32 Å². The SMILES string of the molecule is Cc1cc(C(=O)Nc2ccc(O)c(C)c2)ccc1N. The summed E-state index contributed by atoms with van der Waals surface area (Å²) >= 11 is 0. The van der Waals surface area contributed by atoms with Gasteiger partial charge in [-0.05, 0) is 61.4 Å². The fraction of sp³-hybridized carbons (Fsp3) is 0.133. The van der Waals surface area contributed by atoms with Gasteiger partial charge in [0.05, 0.1) is 0 Å². The number of amides is 1. The molecule has 0 aliphatic heterocycles. The summed E-state index contributed by atoms with van der Waals surface area (Å²) in [5.74, 6) is 0.00881. The smallest absolute Gasteiger partial charge is 0.255 e. The second-order valence-electron chi connectivity index (χ2n) is 4.53. The molecular formula is C15H16N2O2. The molecule has 4 nitrogen and oxygen atoms in total. The monoisotopic (exact) mass is 256 g/mol. The molecule has 4 heteroatoms. The minimum Gasteiger partial charge on any atom is -0.508 e. The number of hydrogen-bond acceptors (Lipinski definition) is 3. The largest absolute Gasteiger partial charge is 0.508 e. The van der Waals surface area contributed by atoms with E-state index in [0.29, 0.717) is 22.5 Å². The van der Waals surface area contributed by atoms with Gasteiger partial charge in [0.15, 0.2) is 0 Å². The van der Waals surface area contributed by atoms with Crippen LogP contribution in [0, 0.1) is 13.8 Å². The van der Waals surface area contributed by atoms with E-state index in [0.717, 1.165) is 5.56 Å². The maximum absolute atomic E-state index is 12.1. The van der Waals surface area contributed by atoms with Crippen LogP contribution in [0.15, 0.2) is 36.4 Å². The molecule has 0 fully saturated rings. The highest BCUT2D eigenvalue weighted by Gasteiger charge is 2.08. The summed E-state index contributed by atoms with van der Waals surface area (Å²) in [6, 6.07) is 10.1. The lowest BCUT2D eigenvalue weighted by molar-refractivity contribution is 0.102. The van der Waals surface area contributed by atoms with Gasteiger partial charge in [0, 0.05) is 16.9 Å². The molecule has 2 aromatic rings. The Morgan fingerprint density at radius 2 is 1.84 bits per heavy atom. The van der Waals surface area contributed by atoms with Crippen LogP contribution in [0.1, 0.15) is 21.5 Å². The minimum atomic E-state index is -0.201. The molecule has 19 heavy (non-hydrogen) atoms. The molecule has 0 radical (unpaired) electrons. The van der Waals surface area contributed by atoms with Gasteiger partial charge in [0.25, 0.3) is 5.91 Å². The van der Waals surface area contributed by atoms with Gasteiger partial charge in [-0.2, -0.15) is 0 Å². The third-order valence-corrected chi connectivity index (χ3v) is 2.99. The van der Waals surface area contributed by atoms with Crippen molar-refractivity contribution in [2.75, 3.05) is 11.1 Å². The van der Waals surface area contributed by atoms with Crippen LogP contribution in [-0.4, -0.2) is 11.0 Å². The second-order valence-corrected chi connectivity index (χ2v) is 4.53. The Morgan fingerprint density at radius 1 is 1.11 bits per heavy atom. The molecule has 0 aliphatic carbocycles. The number of carbonyl (C=O) groups excluding carboxylic acids is 1. The van der Waals surface area contributed by atoms with Crippen LogP contribution in [0.25, 0.3) is 0 Å². The highest BCUT2D eigenvalue weighted by Crippen LogP contribution is 2.21. The molecule has 0 spiro atoms. The van der Waals surface area contributed by atoms with Crippen LogP contribution in [0.5, 0.6) is 5.75 Å². The fourth-order valence-electron chi connectivity index (χ4n) is 1.75. The van der Waals surface area contributed by atoms with Gasteiger partial charge in [0.1, 0.15) is 5.75 Å². The normalized spacial score (nSPS) is 10.2. The first kappa shape index (κ1) is 13.0. The molecule has 0 heterocycles. The predicted octanol–water partition coefficient (Wildman–Crippen LogP) is 2.84. The number of rotatable bonds is 2. The van der Waals surface area contributed by atoms with Gasteiger partial charge in [-0.25, -0.2) is 0 Å². The molecule has 0 atom stereocenters. The standard InChI is InChI=1S/C15H16N2O2/c1-9-7-11(3-5-13(9)16)15(19)17-12-4-6-14(18)10(2)8-12/h3-8,18H,16H2,1-2H3,(H,17,19). The Bertz CT molecular complexity index is 636. The topological polar surface area (TPSA) is 75.3 Å². The Hall–Kier alpha value is -2.49. The first-order valence-corrected chi connectivity index (χ1v) is 5.94. The molecular weight excluding hydrogens is 240 g/mol. The lowest BCUT2D eigenvalue weighted by Crippen LogP contribution is -2.12. The zero-order valence-corrected chi connectivity index (χ0v) is 10.9. The Labute approximate surface area is 111 Å². The third-order valence-electron chi connectivity index (χ3n) is 2.99. The zero-order chi connectivity index (χ0) is 14.0. The quantitative estimate of drug-likeness (QED) is 0.571. The molecule has 0 saturated carbocycles. The Kier molecular flexibility index (Phi) is 3.42.